The van der Waals surface area contributed by atoms with Crippen molar-refractivity contribution in [2.24, 2.45) is 0 Å². The Morgan fingerprint density at radius 2 is 2.00 bits per heavy atom. The van der Waals surface area contributed by atoms with Crippen LogP contribution >= 0.6 is 11.3 Å². The van der Waals surface area contributed by atoms with Gasteiger partial charge >= 0.3 is 0 Å². The van der Waals surface area contributed by atoms with E-state index in [-0.39, 0.29) is 12.5 Å². The topological polar surface area (TPSA) is 58.1 Å². The predicted octanol–water partition coefficient (Wildman–Crippen LogP) is 3.72. The minimum absolute atomic E-state index is 0.0152. The molecule has 1 amide bonds. The fourth-order valence-electron chi connectivity index (χ4n) is 2.59. The lowest BCUT2D eigenvalue weighted by Gasteiger charge is -2.21. The zero-order valence-corrected chi connectivity index (χ0v) is 14.6. The molecule has 0 bridgehead atoms. The maximum absolute atomic E-state index is 12.6. The highest BCUT2D eigenvalue weighted by atomic mass is 32.1. The van der Waals surface area contributed by atoms with Crippen LogP contribution in [-0.4, -0.2) is 29.0 Å². The number of thiophene rings is 1. The zero-order chi connectivity index (χ0) is 16.9. The highest BCUT2D eigenvalue weighted by Gasteiger charge is 2.15. The lowest BCUT2D eigenvalue weighted by molar-refractivity contribution is -0.116. The molecule has 5 nitrogen and oxygen atoms in total. The first kappa shape index (κ1) is 16.4. The van der Waals surface area contributed by atoms with Gasteiger partial charge in [-0.2, -0.15) is 0 Å². The summed E-state index contributed by atoms with van der Waals surface area (Å²) in [5.41, 5.74) is 0.906. The number of anilines is 2. The van der Waals surface area contributed by atoms with Crippen molar-refractivity contribution in [2.75, 3.05) is 23.3 Å². The van der Waals surface area contributed by atoms with Gasteiger partial charge in [-0.1, -0.05) is 25.1 Å². The Kier molecular flexibility index (Phi) is 5.05. The number of amides is 1. The van der Waals surface area contributed by atoms with Crippen molar-refractivity contribution in [3.63, 3.8) is 0 Å². The summed E-state index contributed by atoms with van der Waals surface area (Å²) in [5, 5.41) is 4.16. The lowest BCUT2D eigenvalue weighted by Crippen LogP contribution is -2.35. The molecule has 3 rings (SSSR count). The van der Waals surface area contributed by atoms with Crippen molar-refractivity contribution in [3.05, 3.63) is 47.6 Å². The minimum atomic E-state index is 0.0152. The molecule has 0 saturated heterocycles. The van der Waals surface area contributed by atoms with Gasteiger partial charge in [0.25, 0.3) is 0 Å². The smallest absolute Gasteiger partial charge is 0.246 e. The molecule has 2 heterocycles. The second kappa shape index (κ2) is 7.40. The summed E-state index contributed by atoms with van der Waals surface area (Å²) in [5.74, 6) is 0.731. The number of carbonyl (C=O) groups excluding carboxylic acids is 1. The Hall–Kier alpha value is -2.47. The lowest BCUT2D eigenvalue weighted by atomic mass is 10.2. The molecule has 124 valence electrons. The second-order valence-corrected chi connectivity index (χ2v) is 6.45. The van der Waals surface area contributed by atoms with Crippen molar-refractivity contribution < 1.29 is 4.79 Å². The van der Waals surface area contributed by atoms with Crippen LogP contribution in [0.3, 0.4) is 0 Å². The van der Waals surface area contributed by atoms with Gasteiger partial charge in [0.05, 0.1) is 11.9 Å². The maximum Gasteiger partial charge on any atom is 0.246 e. The van der Waals surface area contributed by atoms with Gasteiger partial charge in [-0.15, -0.1) is 11.3 Å². The standard InChI is InChI=1S/C18H20N4OS/c1-3-14-10-15-17(20-12-21-18(15)24-14)19-11-16(23)22(4-2)13-8-6-5-7-9-13/h5-10,12H,3-4,11H2,1-2H3,(H,19,20,21). The van der Waals surface area contributed by atoms with Crippen molar-refractivity contribution in [3.8, 4) is 0 Å². The number of nitrogens with one attached hydrogen (secondary N) is 1. The molecule has 0 aliphatic carbocycles. The number of carbonyl (C=O) groups is 1. The number of aryl methyl sites for hydroxylation is 1. The number of fused-ring (bicyclic) bond motifs is 1. The van der Waals surface area contributed by atoms with E-state index >= 15 is 0 Å². The molecule has 1 N–H and O–H groups in total. The number of nitrogens with zero attached hydrogens (tertiary/aromatic N) is 3. The molecule has 1 aromatic carbocycles. The first-order chi connectivity index (χ1) is 11.7. The molecule has 2 aromatic heterocycles. The van der Waals surface area contributed by atoms with Gasteiger partial charge < -0.3 is 10.2 Å². The van der Waals surface area contributed by atoms with E-state index in [9.17, 15) is 4.79 Å². The van der Waals surface area contributed by atoms with Gasteiger partial charge in [0.1, 0.15) is 17.0 Å². The van der Waals surface area contributed by atoms with Crippen molar-refractivity contribution in [1.29, 1.82) is 0 Å². The summed E-state index contributed by atoms with van der Waals surface area (Å²) in [6.07, 6.45) is 2.51. The van der Waals surface area contributed by atoms with E-state index in [1.165, 1.54) is 4.88 Å². The van der Waals surface area contributed by atoms with Gasteiger partial charge in [-0.3, -0.25) is 4.79 Å². The molecule has 0 spiro atoms. The Balaban J connectivity index is 1.75. The average Bonchev–Trinajstić information content (AvgIpc) is 3.05. The van der Waals surface area contributed by atoms with Gasteiger partial charge in [-0.05, 0) is 31.5 Å². The van der Waals surface area contributed by atoms with Gasteiger partial charge in [-0.25, -0.2) is 9.97 Å². The van der Waals surface area contributed by atoms with Crippen LogP contribution in [0, 0.1) is 0 Å². The fraction of sp³-hybridized carbons (Fsp3) is 0.278. The van der Waals surface area contributed by atoms with Crippen LogP contribution in [0.2, 0.25) is 0 Å². The summed E-state index contributed by atoms with van der Waals surface area (Å²) in [4.78, 5) is 25.1. The summed E-state index contributed by atoms with van der Waals surface area (Å²) in [7, 11) is 0. The fourth-order valence-corrected chi connectivity index (χ4v) is 3.52. The summed E-state index contributed by atoms with van der Waals surface area (Å²) in [6, 6.07) is 11.8. The van der Waals surface area contributed by atoms with Crippen LogP contribution in [0.15, 0.2) is 42.7 Å². The Bertz CT molecular complexity index is 831. The molecular formula is C18H20N4OS. The van der Waals surface area contributed by atoms with Gasteiger partial charge in [0.2, 0.25) is 5.91 Å². The third-order valence-corrected chi connectivity index (χ3v) is 5.01. The molecule has 0 aliphatic heterocycles. The summed E-state index contributed by atoms with van der Waals surface area (Å²) >= 11 is 1.67. The first-order valence-corrected chi connectivity index (χ1v) is 8.87. The van der Waals surface area contributed by atoms with Crippen molar-refractivity contribution in [2.45, 2.75) is 20.3 Å². The monoisotopic (exact) mass is 340 g/mol. The molecule has 24 heavy (non-hydrogen) atoms. The van der Waals surface area contributed by atoms with Crippen LogP contribution < -0.4 is 10.2 Å². The molecular weight excluding hydrogens is 320 g/mol. The molecule has 6 heteroatoms. The molecule has 0 saturated carbocycles. The number of likely N-dealkylation sites (N-methyl/N-ethyl adjacent to an activating group) is 1. The van der Waals surface area contributed by atoms with Crippen LogP contribution in [0.5, 0.6) is 0 Å². The Labute approximate surface area is 145 Å². The summed E-state index contributed by atoms with van der Waals surface area (Å²) < 4.78 is 0. The van der Waals surface area contributed by atoms with E-state index in [1.54, 1.807) is 22.6 Å². The van der Waals surface area contributed by atoms with E-state index in [1.807, 2.05) is 37.3 Å². The summed E-state index contributed by atoms with van der Waals surface area (Å²) in [6.45, 7) is 4.92. The molecule has 3 aromatic rings. The SMILES string of the molecule is CCc1cc2c(NCC(=O)N(CC)c3ccccc3)ncnc2s1. The predicted molar refractivity (Wildman–Crippen MR) is 99.8 cm³/mol. The quantitative estimate of drug-likeness (QED) is 0.743. The number of hydrogen-bond donors (Lipinski definition) is 1. The Morgan fingerprint density at radius 3 is 2.71 bits per heavy atom. The second-order valence-electron chi connectivity index (χ2n) is 5.33. The van der Waals surface area contributed by atoms with Crippen molar-refractivity contribution >= 4 is 39.0 Å². The van der Waals surface area contributed by atoms with Crippen LogP contribution in [-0.2, 0) is 11.2 Å². The molecule has 0 fully saturated rings. The van der Waals surface area contributed by atoms with Crippen LogP contribution in [0.4, 0.5) is 11.5 Å². The number of hydrogen-bond acceptors (Lipinski definition) is 5. The van der Waals surface area contributed by atoms with Gasteiger partial charge in [0.15, 0.2) is 0 Å². The number of benzene rings is 1. The maximum atomic E-state index is 12.6. The molecule has 0 radical (unpaired) electrons. The third kappa shape index (κ3) is 3.38. The first-order valence-electron chi connectivity index (χ1n) is 8.05. The minimum Gasteiger partial charge on any atom is -0.360 e. The highest BCUT2D eigenvalue weighted by Crippen LogP contribution is 2.28. The van der Waals surface area contributed by atoms with Crippen LogP contribution in [0.1, 0.15) is 18.7 Å². The molecule has 0 atom stereocenters. The highest BCUT2D eigenvalue weighted by molar-refractivity contribution is 7.18. The number of aromatic nitrogens is 2. The molecule has 0 unspecified atom stereocenters. The number of rotatable bonds is 6. The van der Waals surface area contributed by atoms with Crippen LogP contribution in [0.25, 0.3) is 10.2 Å². The zero-order valence-electron chi connectivity index (χ0n) is 13.8. The number of para-hydroxylation sites is 1. The average molecular weight is 340 g/mol. The van der Waals surface area contributed by atoms with Gasteiger partial charge in [0, 0.05) is 17.1 Å². The largest absolute Gasteiger partial charge is 0.360 e. The van der Waals surface area contributed by atoms with Crippen molar-refractivity contribution in [1.82, 2.24) is 9.97 Å². The van der Waals surface area contributed by atoms with E-state index < -0.39 is 0 Å². The van der Waals surface area contributed by atoms with E-state index in [0.29, 0.717) is 12.4 Å². The van der Waals surface area contributed by atoms with E-state index in [4.69, 9.17) is 0 Å². The van der Waals surface area contributed by atoms with E-state index in [2.05, 4.69) is 28.3 Å². The van der Waals surface area contributed by atoms with E-state index in [0.717, 1.165) is 22.3 Å². The third-order valence-electron chi connectivity index (χ3n) is 3.82. The Morgan fingerprint density at radius 1 is 1.21 bits per heavy atom. The normalized spacial score (nSPS) is 10.8. The molecule has 0 aliphatic rings.